The number of hydrogen-bond donors (Lipinski definition) is 4. The van der Waals surface area contributed by atoms with Gasteiger partial charge in [-0.05, 0) is 24.3 Å². The maximum absolute atomic E-state index is 13.2. The Morgan fingerprint density at radius 3 is 2.26 bits per heavy atom. The zero-order valence-corrected chi connectivity index (χ0v) is 17.3. The molecule has 2 unspecified atom stereocenters. The van der Waals surface area contributed by atoms with Gasteiger partial charge >= 0.3 is 6.09 Å². The largest absolute Gasteiger partial charge is 0.465 e. The molecule has 1 saturated carbocycles. The minimum Gasteiger partial charge on any atom is -0.465 e. The molecule has 0 bridgehead atoms. The van der Waals surface area contributed by atoms with E-state index < -0.39 is 53.5 Å². The Balaban J connectivity index is 1.76. The summed E-state index contributed by atoms with van der Waals surface area (Å²) in [6.45, 7) is 1.53. The zero-order valence-electron chi connectivity index (χ0n) is 17.3. The molecule has 1 aromatic carbocycles. The Hall–Kier alpha value is -3.23. The van der Waals surface area contributed by atoms with Gasteiger partial charge in [-0.2, -0.15) is 0 Å². The van der Waals surface area contributed by atoms with Gasteiger partial charge in [0.2, 0.25) is 17.7 Å². The summed E-state index contributed by atoms with van der Waals surface area (Å²) in [6.07, 6.45) is 1.86. The average Bonchev–Trinajstić information content (AvgIpc) is 3.34. The summed E-state index contributed by atoms with van der Waals surface area (Å²) >= 11 is 0. The molecule has 166 valence electrons. The second kappa shape index (κ2) is 9.72. The van der Waals surface area contributed by atoms with Crippen LogP contribution in [0.4, 0.5) is 4.79 Å². The molecular weight excluding hydrogens is 402 g/mol. The molecule has 4 atom stereocenters. The summed E-state index contributed by atoms with van der Waals surface area (Å²) in [5.74, 6) is -4.10. The quantitative estimate of drug-likeness (QED) is 0.365. The smallest absolute Gasteiger partial charge is 0.405 e. The molecule has 0 spiro atoms. The van der Waals surface area contributed by atoms with Crippen LogP contribution >= 0.6 is 0 Å². The maximum atomic E-state index is 13.2. The molecule has 4 amide bonds. The number of Topliss-reactive ketones (excluding diaryl/α,β-unsaturated/α-hetero) is 1. The van der Waals surface area contributed by atoms with Gasteiger partial charge in [-0.25, -0.2) is 4.79 Å². The van der Waals surface area contributed by atoms with Crippen molar-refractivity contribution < 1.29 is 29.1 Å². The molecule has 0 radical (unpaired) electrons. The number of amides is 4. The lowest BCUT2D eigenvalue weighted by molar-refractivity contribution is -0.137. The molecule has 3 rings (SSSR count). The van der Waals surface area contributed by atoms with Gasteiger partial charge < -0.3 is 15.7 Å². The number of carbonyl (C=O) groups is 5. The molecule has 2 aliphatic rings. The van der Waals surface area contributed by atoms with Gasteiger partial charge in [0, 0.05) is 0 Å². The lowest BCUT2D eigenvalue weighted by Gasteiger charge is -2.27. The lowest BCUT2D eigenvalue weighted by atomic mass is 9.83. The van der Waals surface area contributed by atoms with Crippen LogP contribution in [0.3, 0.4) is 0 Å². The Labute approximate surface area is 180 Å². The van der Waals surface area contributed by atoms with Crippen LogP contribution in [0.2, 0.25) is 0 Å². The van der Waals surface area contributed by atoms with Crippen LogP contribution in [0.1, 0.15) is 50.6 Å². The number of ketones is 1. The normalized spacial score (nSPS) is 23.1. The molecule has 9 heteroatoms. The third-order valence-corrected chi connectivity index (χ3v) is 6.13. The van der Waals surface area contributed by atoms with Gasteiger partial charge in [-0.15, -0.1) is 0 Å². The molecule has 1 saturated heterocycles. The Kier molecular flexibility index (Phi) is 7.04. The Bertz CT molecular complexity index is 865. The second-order valence-electron chi connectivity index (χ2n) is 8.23. The van der Waals surface area contributed by atoms with Crippen LogP contribution in [-0.2, 0) is 19.2 Å². The van der Waals surface area contributed by atoms with Crippen LogP contribution in [0, 0.1) is 17.8 Å². The van der Waals surface area contributed by atoms with Crippen LogP contribution in [-0.4, -0.2) is 40.7 Å². The number of hydrogen-bond acceptors (Lipinski definition) is 5. The number of rotatable bonds is 8. The summed E-state index contributed by atoms with van der Waals surface area (Å²) in [7, 11) is 0. The molecule has 31 heavy (non-hydrogen) atoms. The first-order valence-corrected chi connectivity index (χ1v) is 10.5. The van der Waals surface area contributed by atoms with E-state index in [2.05, 4.69) is 16.0 Å². The van der Waals surface area contributed by atoms with Crippen molar-refractivity contribution in [1.82, 2.24) is 16.0 Å². The van der Waals surface area contributed by atoms with E-state index >= 15 is 0 Å². The third kappa shape index (κ3) is 5.28. The van der Waals surface area contributed by atoms with Crippen molar-refractivity contribution in [1.29, 1.82) is 0 Å². The fourth-order valence-corrected chi connectivity index (χ4v) is 4.48. The van der Waals surface area contributed by atoms with E-state index in [0.717, 1.165) is 25.7 Å². The first-order valence-electron chi connectivity index (χ1n) is 10.5. The van der Waals surface area contributed by atoms with E-state index in [1.165, 1.54) is 6.92 Å². The van der Waals surface area contributed by atoms with E-state index in [4.69, 9.17) is 5.11 Å². The molecular formula is C22H27N3O6. The first kappa shape index (κ1) is 22.5. The van der Waals surface area contributed by atoms with Crippen molar-refractivity contribution in [3.63, 3.8) is 0 Å². The highest BCUT2D eigenvalue weighted by molar-refractivity contribution is 6.16. The van der Waals surface area contributed by atoms with Crippen LogP contribution in [0.25, 0.3) is 0 Å². The van der Waals surface area contributed by atoms with Crippen molar-refractivity contribution in [2.24, 2.45) is 17.8 Å². The van der Waals surface area contributed by atoms with Crippen molar-refractivity contribution in [3.8, 4) is 0 Å². The van der Waals surface area contributed by atoms with Crippen molar-refractivity contribution in [3.05, 3.63) is 35.9 Å². The first-order chi connectivity index (χ1) is 14.8. The van der Waals surface area contributed by atoms with Crippen molar-refractivity contribution in [2.45, 2.75) is 51.1 Å². The van der Waals surface area contributed by atoms with E-state index in [-0.39, 0.29) is 12.3 Å². The van der Waals surface area contributed by atoms with Crippen LogP contribution in [0.15, 0.2) is 30.3 Å². The highest BCUT2D eigenvalue weighted by atomic mass is 16.4. The summed E-state index contributed by atoms with van der Waals surface area (Å²) < 4.78 is 0. The van der Waals surface area contributed by atoms with Gasteiger partial charge in [0.05, 0.1) is 24.4 Å². The fourth-order valence-electron chi connectivity index (χ4n) is 4.48. The maximum Gasteiger partial charge on any atom is 0.405 e. The molecule has 0 aromatic heterocycles. The summed E-state index contributed by atoms with van der Waals surface area (Å²) in [5, 5.41) is 16.4. The fraction of sp³-hybridized carbons (Fsp3) is 0.500. The van der Waals surface area contributed by atoms with E-state index in [1.807, 2.05) is 0 Å². The van der Waals surface area contributed by atoms with Gasteiger partial charge in [0.25, 0.3) is 0 Å². The number of carbonyl (C=O) groups excluding carboxylic acids is 4. The Morgan fingerprint density at radius 2 is 1.71 bits per heavy atom. The summed E-state index contributed by atoms with van der Waals surface area (Å²) in [5.41, 5.74) is 0.623. The standard InChI is InChI=1S/C22H27N3O6/c1-12-17(21(29)25-20(12)28)19(27)18(14-9-5-6-10-14)24-16(26)11-15(23-22(30)31)13-7-3-2-4-8-13/h2-4,7-8,12,14-15,17-18,23H,5-6,9-11H2,1H3,(H,24,26)(H,30,31)(H,25,28,29)/t12-,15?,17+,18?/m0/s1. The third-order valence-electron chi connectivity index (χ3n) is 6.13. The van der Waals surface area contributed by atoms with Gasteiger partial charge in [-0.3, -0.25) is 24.5 Å². The molecule has 9 nitrogen and oxygen atoms in total. The number of nitrogens with one attached hydrogen (secondary N) is 3. The Morgan fingerprint density at radius 1 is 1.06 bits per heavy atom. The van der Waals surface area contributed by atoms with E-state index in [9.17, 15) is 24.0 Å². The lowest BCUT2D eigenvalue weighted by Crippen LogP contribution is -2.50. The average molecular weight is 429 g/mol. The number of carboxylic acid groups (broad SMARTS) is 1. The second-order valence-corrected chi connectivity index (χ2v) is 8.23. The highest BCUT2D eigenvalue weighted by Crippen LogP contribution is 2.32. The van der Waals surface area contributed by atoms with Crippen LogP contribution < -0.4 is 16.0 Å². The van der Waals surface area contributed by atoms with Crippen molar-refractivity contribution in [2.75, 3.05) is 0 Å². The summed E-state index contributed by atoms with van der Waals surface area (Å²) in [6, 6.07) is 7.02. The van der Waals surface area contributed by atoms with Gasteiger partial charge in [0.15, 0.2) is 5.78 Å². The zero-order chi connectivity index (χ0) is 22.5. The van der Waals surface area contributed by atoms with E-state index in [0.29, 0.717) is 5.56 Å². The predicted molar refractivity (Wildman–Crippen MR) is 110 cm³/mol. The molecule has 1 aliphatic heterocycles. The SMILES string of the molecule is C[C@@H]1C(=O)NC(=O)[C@H]1C(=O)C(NC(=O)CC(NC(=O)O)c1ccccc1)C1CCCC1. The number of benzene rings is 1. The van der Waals surface area contributed by atoms with E-state index in [1.54, 1.807) is 30.3 Å². The van der Waals surface area contributed by atoms with Crippen molar-refractivity contribution >= 4 is 29.6 Å². The van der Waals surface area contributed by atoms with Gasteiger partial charge in [-0.1, -0.05) is 50.1 Å². The summed E-state index contributed by atoms with van der Waals surface area (Å²) in [4.78, 5) is 61.3. The molecule has 1 aromatic rings. The highest BCUT2D eigenvalue weighted by Gasteiger charge is 2.47. The van der Waals surface area contributed by atoms with Gasteiger partial charge in [0.1, 0.15) is 5.92 Å². The monoisotopic (exact) mass is 429 g/mol. The molecule has 2 fully saturated rings. The van der Waals surface area contributed by atoms with Crippen LogP contribution in [0.5, 0.6) is 0 Å². The minimum absolute atomic E-state index is 0.116. The molecule has 1 heterocycles. The minimum atomic E-state index is -1.26. The molecule has 1 aliphatic carbocycles. The topological polar surface area (TPSA) is 142 Å². The number of imide groups is 1. The molecule has 4 N–H and O–H groups in total. The predicted octanol–water partition coefficient (Wildman–Crippen LogP) is 1.54.